The Morgan fingerprint density at radius 1 is 0.906 bits per heavy atom. The molecule has 4 rings (SSSR count). The number of nitrogens with one attached hydrogen (secondary N) is 3. The molecule has 3 aromatic carbocycles. The Labute approximate surface area is 186 Å². The van der Waals surface area contributed by atoms with E-state index in [1.54, 1.807) is 48.2 Å². The maximum Gasteiger partial charge on any atom is 0.322 e. The van der Waals surface area contributed by atoms with Crippen LogP contribution >= 0.6 is 0 Å². The van der Waals surface area contributed by atoms with Gasteiger partial charge in [0.2, 0.25) is 0 Å². The highest BCUT2D eigenvalue weighted by Crippen LogP contribution is 2.25. The summed E-state index contributed by atoms with van der Waals surface area (Å²) in [5.41, 5.74) is 4.53. The molecule has 7 nitrogen and oxygen atoms in total. The number of hydrogen-bond donors (Lipinski definition) is 3. The molecule has 1 fully saturated rings. The van der Waals surface area contributed by atoms with Crippen LogP contribution in [0.1, 0.15) is 31.8 Å². The maximum atomic E-state index is 12.9. The third-order valence-corrected chi connectivity index (χ3v) is 5.46. The van der Waals surface area contributed by atoms with Crippen molar-refractivity contribution in [1.82, 2.24) is 5.32 Å². The first-order valence-electron chi connectivity index (χ1n) is 10.4. The second-order valence-corrected chi connectivity index (χ2v) is 7.64. The summed E-state index contributed by atoms with van der Waals surface area (Å²) in [5.74, 6) is -0.525. The lowest BCUT2D eigenvalue weighted by Crippen LogP contribution is -2.28. The van der Waals surface area contributed by atoms with Gasteiger partial charge in [-0.2, -0.15) is 0 Å². The van der Waals surface area contributed by atoms with Crippen LogP contribution in [0.5, 0.6) is 0 Å². The number of rotatable bonds is 5. The van der Waals surface area contributed by atoms with Crippen molar-refractivity contribution < 1.29 is 14.4 Å². The second kappa shape index (κ2) is 8.93. The van der Waals surface area contributed by atoms with Crippen molar-refractivity contribution in [3.63, 3.8) is 0 Å². The van der Waals surface area contributed by atoms with Gasteiger partial charge < -0.3 is 16.0 Å². The Bertz CT molecular complexity index is 1190. The topological polar surface area (TPSA) is 90.5 Å². The van der Waals surface area contributed by atoms with E-state index in [0.29, 0.717) is 41.2 Å². The summed E-state index contributed by atoms with van der Waals surface area (Å²) in [7, 11) is 0. The molecule has 1 aliphatic heterocycles. The summed E-state index contributed by atoms with van der Waals surface area (Å²) in [6.45, 7) is 4.88. The van der Waals surface area contributed by atoms with Crippen LogP contribution in [0.3, 0.4) is 0 Å². The molecule has 0 radical (unpaired) electrons. The van der Waals surface area contributed by atoms with Gasteiger partial charge in [-0.15, -0.1) is 0 Å². The number of anilines is 3. The maximum absolute atomic E-state index is 12.9. The molecule has 0 unspecified atom stereocenters. The van der Waals surface area contributed by atoms with E-state index in [2.05, 4.69) is 16.0 Å². The number of hydrogen-bond acceptors (Lipinski definition) is 3. The summed E-state index contributed by atoms with van der Waals surface area (Å²) >= 11 is 0. The molecular weight excluding hydrogens is 404 g/mol. The van der Waals surface area contributed by atoms with E-state index >= 15 is 0 Å². The van der Waals surface area contributed by atoms with Crippen LogP contribution in [0.2, 0.25) is 0 Å². The average molecular weight is 428 g/mol. The number of nitrogens with zero attached hydrogens (tertiary/aromatic N) is 1. The Morgan fingerprint density at radius 2 is 1.69 bits per heavy atom. The molecule has 1 aliphatic rings. The van der Waals surface area contributed by atoms with Crippen molar-refractivity contribution in [3.8, 4) is 0 Å². The number of carbonyl (C=O) groups is 3. The Morgan fingerprint density at radius 3 is 2.38 bits per heavy atom. The summed E-state index contributed by atoms with van der Waals surface area (Å²) in [5, 5.41) is 8.54. The number of carbonyl (C=O) groups excluding carboxylic acids is 3. The van der Waals surface area contributed by atoms with E-state index in [1.807, 2.05) is 37.3 Å². The van der Waals surface area contributed by atoms with Crippen molar-refractivity contribution in [2.45, 2.75) is 13.8 Å². The van der Waals surface area contributed by atoms with E-state index in [0.717, 1.165) is 11.3 Å². The number of aryl methyl sites for hydroxylation is 1. The zero-order valence-corrected chi connectivity index (χ0v) is 17.9. The molecule has 32 heavy (non-hydrogen) atoms. The lowest BCUT2D eigenvalue weighted by atomic mass is 10.0. The van der Waals surface area contributed by atoms with E-state index in [9.17, 15) is 14.4 Å². The highest BCUT2D eigenvalue weighted by Gasteiger charge is 2.23. The summed E-state index contributed by atoms with van der Waals surface area (Å²) in [6.07, 6.45) is 0. The van der Waals surface area contributed by atoms with E-state index in [-0.39, 0.29) is 17.8 Å². The SMILES string of the molecule is Cc1cc(C(=O)Nc2cccc(C(=O)Nc3ccccc3)c2C)ccc1N1CCNC1=O. The number of amides is 4. The van der Waals surface area contributed by atoms with Crippen LogP contribution in [0.25, 0.3) is 0 Å². The first kappa shape index (κ1) is 21.1. The molecule has 0 bridgehead atoms. The number of urea groups is 1. The number of para-hydroxylation sites is 1. The quantitative estimate of drug-likeness (QED) is 0.565. The molecule has 4 amide bonds. The zero-order chi connectivity index (χ0) is 22.7. The summed E-state index contributed by atoms with van der Waals surface area (Å²) < 4.78 is 0. The van der Waals surface area contributed by atoms with Gasteiger partial charge in [0.05, 0.1) is 0 Å². The smallest absolute Gasteiger partial charge is 0.322 e. The third kappa shape index (κ3) is 4.32. The fourth-order valence-electron chi connectivity index (χ4n) is 3.73. The molecule has 0 aromatic heterocycles. The van der Waals surface area contributed by atoms with Crippen molar-refractivity contribution >= 4 is 34.9 Å². The summed E-state index contributed by atoms with van der Waals surface area (Å²) in [4.78, 5) is 39.2. The van der Waals surface area contributed by atoms with Gasteiger partial charge in [0.25, 0.3) is 11.8 Å². The minimum Gasteiger partial charge on any atom is -0.336 e. The van der Waals surface area contributed by atoms with Gasteiger partial charge in [-0.25, -0.2) is 4.79 Å². The molecule has 1 saturated heterocycles. The lowest BCUT2D eigenvalue weighted by molar-refractivity contribution is 0.101. The minimum atomic E-state index is -0.283. The minimum absolute atomic E-state index is 0.133. The van der Waals surface area contributed by atoms with Crippen LogP contribution in [-0.2, 0) is 0 Å². The van der Waals surface area contributed by atoms with Gasteiger partial charge in [0, 0.05) is 41.3 Å². The normalized spacial score (nSPS) is 12.9. The highest BCUT2D eigenvalue weighted by molar-refractivity contribution is 6.09. The molecular formula is C25H24N4O3. The van der Waals surface area contributed by atoms with Crippen LogP contribution in [0.15, 0.2) is 66.7 Å². The Kier molecular flexibility index (Phi) is 5.89. The molecule has 0 aliphatic carbocycles. The van der Waals surface area contributed by atoms with Crippen LogP contribution < -0.4 is 20.9 Å². The first-order chi connectivity index (χ1) is 15.4. The summed E-state index contributed by atoms with van der Waals surface area (Å²) in [6, 6.07) is 19.6. The monoisotopic (exact) mass is 428 g/mol. The van der Waals surface area contributed by atoms with Crippen molar-refractivity contribution in [1.29, 1.82) is 0 Å². The lowest BCUT2D eigenvalue weighted by Gasteiger charge is -2.18. The van der Waals surface area contributed by atoms with Crippen molar-refractivity contribution in [3.05, 3.63) is 89.0 Å². The van der Waals surface area contributed by atoms with Gasteiger partial charge in [0.15, 0.2) is 0 Å². The predicted molar refractivity (Wildman–Crippen MR) is 125 cm³/mol. The van der Waals surface area contributed by atoms with E-state index in [1.165, 1.54) is 0 Å². The van der Waals surface area contributed by atoms with Gasteiger partial charge >= 0.3 is 6.03 Å². The van der Waals surface area contributed by atoms with Gasteiger partial charge in [-0.3, -0.25) is 14.5 Å². The second-order valence-electron chi connectivity index (χ2n) is 7.64. The van der Waals surface area contributed by atoms with Gasteiger partial charge in [-0.1, -0.05) is 24.3 Å². The Hall–Kier alpha value is -4.13. The molecule has 0 atom stereocenters. The van der Waals surface area contributed by atoms with Crippen LogP contribution in [0.4, 0.5) is 21.9 Å². The van der Waals surface area contributed by atoms with Gasteiger partial charge in [-0.05, 0) is 67.4 Å². The zero-order valence-electron chi connectivity index (χ0n) is 17.9. The Balaban J connectivity index is 1.51. The standard InChI is InChI=1S/C25H24N4O3/c1-16-15-18(11-12-22(16)29-14-13-26-25(29)32)23(30)28-21-10-6-9-20(17(21)2)24(31)27-19-7-4-3-5-8-19/h3-12,15H,13-14H2,1-2H3,(H,26,32)(H,27,31)(H,28,30). The third-order valence-electron chi connectivity index (χ3n) is 5.46. The molecule has 7 heteroatoms. The average Bonchev–Trinajstić information content (AvgIpc) is 3.21. The number of benzene rings is 3. The largest absolute Gasteiger partial charge is 0.336 e. The molecule has 162 valence electrons. The molecule has 3 N–H and O–H groups in total. The van der Waals surface area contributed by atoms with E-state index in [4.69, 9.17) is 0 Å². The predicted octanol–water partition coefficient (Wildman–Crippen LogP) is 4.34. The highest BCUT2D eigenvalue weighted by atomic mass is 16.2. The fraction of sp³-hybridized carbons (Fsp3) is 0.160. The molecule has 0 saturated carbocycles. The molecule has 0 spiro atoms. The fourth-order valence-corrected chi connectivity index (χ4v) is 3.73. The van der Waals surface area contributed by atoms with Crippen LogP contribution in [0, 0.1) is 13.8 Å². The van der Waals surface area contributed by atoms with Crippen molar-refractivity contribution in [2.75, 3.05) is 28.6 Å². The molecule has 3 aromatic rings. The molecule has 1 heterocycles. The first-order valence-corrected chi connectivity index (χ1v) is 10.4. The van der Waals surface area contributed by atoms with Gasteiger partial charge in [0.1, 0.15) is 0 Å². The van der Waals surface area contributed by atoms with E-state index < -0.39 is 0 Å². The van der Waals surface area contributed by atoms with Crippen molar-refractivity contribution in [2.24, 2.45) is 0 Å². The van der Waals surface area contributed by atoms with Crippen LogP contribution in [-0.4, -0.2) is 30.9 Å².